The highest BCUT2D eigenvalue weighted by Crippen LogP contribution is 2.40. The van der Waals surface area contributed by atoms with Gasteiger partial charge in [-0.15, -0.1) is 0 Å². The summed E-state index contributed by atoms with van der Waals surface area (Å²) in [4.78, 5) is 24.9. The zero-order chi connectivity index (χ0) is 17.5. The molecule has 2 aromatic rings. The van der Waals surface area contributed by atoms with Gasteiger partial charge in [0.05, 0.1) is 12.1 Å². The molecule has 4 nitrogen and oxygen atoms in total. The van der Waals surface area contributed by atoms with E-state index in [2.05, 4.69) is 19.2 Å². The van der Waals surface area contributed by atoms with E-state index in [-0.39, 0.29) is 12.2 Å². The Kier molecular flexibility index (Phi) is 4.01. The Balaban J connectivity index is 1.89. The van der Waals surface area contributed by atoms with Crippen LogP contribution >= 0.6 is 0 Å². The summed E-state index contributed by atoms with van der Waals surface area (Å²) in [7, 11) is 0. The van der Waals surface area contributed by atoms with Crippen LogP contribution in [0.25, 0.3) is 0 Å². The molecule has 0 bridgehead atoms. The third-order valence-corrected chi connectivity index (χ3v) is 4.65. The second kappa shape index (κ2) is 5.87. The number of hydrogen-bond acceptors (Lipinski definition) is 3. The minimum Gasteiger partial charge on any atom is -0.375 e. The molecule has 0 saturated heterocycles. The molecular weight excluding hydrogens is 302 g/mol. The Hall–Kier alpha value is -2.46. The number of aliphatic hydroxyl groups is 1. The first-order valence-electron chi connectivity index (χ1n) is 8.10. The number of rotatable bonds is 4. The van der Waals surface area contributed by atoms with Crippen molar-refractivity contribution in [2.24, 2.45) is 0 Å². The van der Waals surface area contributed by atoms with E-state index < -0.39 is 11.5 Å². The van der Waals surface area contributed by atoms with E-state index in [1.807, 2.05) is 25.1 Å². The fourth-order valence-corrected chi connectivity index (χ4v) is 3.08. The lowest BCUT2D eigenvalue weighted by molar-refractivity contribution is -0.133. The van der Waals surface area contributed by atoms with Crippen LogP contribution in [0, 0.1) is 6.92 Å². The van der Waals surface area contributed by atoms with Crippen molar-refractivity contribution < 1.29 is 14.7 Å². The smallest absolute Gasteiger partial charge is 0.261 e. The Labute approximate surface area is 141 Å². The minimum absolute atomic E-state index is 0.252. The summed E-state index contributed by atoms with van der Waals surface area (Å²) in [5.41, 5.74) is 1.78. The molecule has 1 atom stereocenters. The van der Waals surface area contributed by atoms with Gasteiger partial charge in [-0.1, -0.05) is 56.3 Å². The van der Waals surface area contributed by atoms with Gasteiger partial charge in [0.15, 0.2) is 11.4 Å². The number of benzene rings is 2. The first-order chi connectivity index (χ1) is 11.3. The van der Waals surface area contributed by atoms with E-state index in [0.29, 0.717) is 22.7 Å². The number of carbonyl (C=O) groups is 2. The SMILES string of the molecule is Cc1cccc2c1NC(=O)C2(O)CC(=O)c1ccc(C(C)C)cc1. The van der Waals surface area contributed by atoms with Gasteiger partial charge in [-0.25, -0.2) is 0 Å². The molecule has 1 heterocycles. The quantitative estimate of drug-likeness (QED) is 0.846. The molecule has 0 aromatic heterocycles. The lowest BCUT2D eigenvalue weighted by Gasteiger charge is -2.20. The number of ketones is 1. The van der Waals surface area contributed by atoms with Crippen LogP contribution < -0.4 is 5.32 Å². The fraction of sp³-hybridized carbons (Fsp3) is 0.300. The summed E-state index contributed by atoms with van der Waals surface area (Å²) >= 11 is 0. The molecule has 1 unspecified atom stereocenters. The number of anilines is 1. The Morgan fingerprint density at radius 1 is 1.17 bits per heavy atom. The van der Waals surface area contributed by atoms with Gasteiger partial charge >= 0.3 is 0 Å². The van der Waals surface area contributed by atoms with Crippen LogP contribution in [0.5, 0.6) is 0 Å². The van der Waals surface area contributed by atoms with Crippen molar-refractivity contribution in [3.05, 3.63) is 64.7 Å². The van der Waals surface area contributed by atoms with Crippen molar-refractivity contribution in [1.82, 2.24) is 0 Å². The maximum absolute atomic E-state index is 12.6. The van der Waals surface area contributed by atoms with Crippen LogP contribution in [-0.2, 0) is 10.4 Å². The third-order valence-electron chi connectivity index (χ3n) is 4.65. The average molecular weight is 323 g/mol. The van der Waals surface area contributed by atoms with Crippen LogP contribution in [0.4, 0.5) is 5.69 Å². The first kappa shape index (κ1) is 16.4. The van der Waals surface area contributed by atoms with Crippen LogP contribution in [-0.4, -0.2) is 16.8 Å². The maximum Gasteiger partial charge on any atom is 0.261 e. The van der Waals surface area contributed by atoms with Crippen molar-refractivity contribution in [2.75, 3.05) is 5.32 Å². The molecule has 0 spiro atoms. The van der Waals surface area contributed by atoms with Gasteiger partial charge in [0, 0.05) is 11.1 Å². The zero-order valence-electron chi connectivity index (χ0n) is 14.1. The summed E-state index contributed by atoms with van der Waals surface area (Å²) in [5, 5.41) is 13.6. The van der Waals surface area contributed by atoms with Crippen LogP contribution in [0.3, 0.4) is 0 Å². The van der Waals surface area contributed by atoms with Gasteiger partial charge in [0.25, 0.3) is 5.91 Å². The predicted octanol–water partition coefficient (Wildman–Crippen LogP) is 3.53. The molecule has 1 aliphatic rings. The Bertz CT molecular complexity index is 808. The molecule has 2 aromatic carbocycles. The normalized spacial score (nSPS) is 19.3. The number of amides is 1. The van der Waals surface area contributed by atoms with Gasteiger partial charge in [-0.05, 0) is 24.0 Å². The van der Waals surface area contributed by atoms with Crippen LogP contribution in [0.2, 0.25) is 0 Å². The van der Waals surface area contributed by atoms with E-state index >= 15 is 0 Å². The van der Waals surface area contributed by atoms with E-state index in [9.17, 15) is 14.7 Å². The first-order valence-corrected chi connectivity index (χ1v) is 8.10. The zero-order valence-corrected chi connectivity index (χ0v) is 14.1. The highest BCUT2D eigenvalue weighted by atomic mass is 16.3. The lowest BCUT2D eigenvalue weighted by atomic mass is 9.87. The van der Waals surface area contributed by atoms with Crippen molar-refractivity contribution in [2.45, 2.75) is 38.7 Å². The molecule has 3 rings (SSSR count). The molecule has 2 N–H and O–H groups in total. The second-order valence-corrected chi connectivity index (χ2v) is 6.69. The van der Waals surface area contributed by atoms with E-state index in [1.54, 1.807) is 24.3 Å². The van der Waals surface area contributed by atoms with E-state index in [4.69, 9.17) is 0 Å². The molecule has 0 aliphatic carbocycles. The Morgan fingerprint density at radius 3 is 2.46 bits per heavy atom. The molecule has 0 fully saturated rings. The molecule has 124 valence electrons. The number of hydrogen-bond donors (Lipinski definition) is 2. The number of aryl methyl sites for hydroxylation is 1. The molecule has 1 amide bonds. The minimum atomic E-state index is -1.81. The summed E-state index contributed by atoms with van der Waals surface area (Å²) in [5.74, 6) is -0.412. The van der Waals surface area contributed by atoms with Gasteiger partial charge in [0.1, 0.15) is 0 Å². The van der Waals surface area contributed by atoms with Crippen LogP contribution in [0.1, 0.15) is 53.2 Å². The molecule has 0 saturated carbocycles. The highest BCUT2D eigenvalue weighted by Gasteiger charge is 2.47. The van der Waals surface area contributed by atoms with Crippen molar-refractivity contribution in [3.8, 4) is 0 Å². The maximum atomic E-state index is 12.6. The van der Waals surface area contributed by atoms with E-state index in [0.717, 1.165) is 11.1 Å². The summed E-state index contributed by atoms with van der Waals surface area (Å²) in [6.07, 6.45) is -0.268. The number of Topliss-reactive ketones (excluding diaryl/α,β-unsaturated/α-hetero) is 1. The van der Waals surface area contributed by atoms with Crippen molar-refractivity contribution in [1.29, 1.82) is 0 Å². The van der Waals surface area contributed by atoms with Gasteiger partial charge in [0.2, 0.25) is 0 Å². The number of para-hydroxylation sites is 1. The van der Waals surface area contributed by atoms with Crippen LogP contribution in [0.15, 0.2) is 42.5 Å². The van der Waals surface area contributed by atoms with Crippen molar-refractivity contribution in [3.63, 3.8) is 0 Å². The third kappa shape index (κ3) is 2.63. The fourth-order valence-electron chi connectivity index (χ4n) is 3.08. The highest BCUT2D eigenvalue weighted by molar-refractivity contribution is 6.09. The summed E-state index contributed by atoms with van der Waals surface area (Å²) in [6.45, 7) is 6.03. The topological polar surface area (TPSA) is 66.4 Å². The summed E-state index contributed by atoms with van der Waals surface area (Å²) < 4.78 is 0. The monoisotopic (exact) mass is 323 g/mol. The van der Waals surface area contributed by atoms with Crippen molar-refractivity contribution >= 4 is 17.4 Å². The number of carbonyl (C=O) groups excluding carboxylic acids is 2. The standard InChI is InChI=1S/C20H21NO3/c1-12(2)14-7-9-15(10-8-14)17(22)11-20(24)16-6-4-5-13(3)18(16)21-19(20)23/h4-10,12,24H,11H2,1-3H3,(H,21,23). The molecule has 1 aliphatic heterocycles. The predicted molar refractivity (Wildman–Crippen MR) is 93.2 cm³/mol. The molecule has 0 radical (unpaired) electrons. The van der Waals surface area contributed by atoms with Gasteiger partial charge in [-0.2, -0.15) is 0 Å². The molecule has 24 heavy (non-hydrogen) atoms. The number of nitrogens with one attached hydrogen (secondary N) is 1. The molecular formula is C20H21NO3. The largest absolute Gasteiger partial charge is 0.375 e. The van der Waals surface area contributed by atoms with Gasteiger partial charge in [-0.3, -0.25) is 9.59 Å². The second-order valence-electron chi connectivity index (χ2n) is 6.69. The number of fused-ring (bicyclic) bond motifs is 1. The van der Waals surface area contributed by atoms with Gasteiger partial charge < -0.3 is 10.4 Å². The average Bonchev–Trinajstić information content (AvgIpc) is 2.80. The summed E-state index contributed by atoms with van der Waals surface area (Å²) in [6, 6.07) is 12.7. The molecule has 4 heteroatoms. The lowest BCUT2D eigenvalue weighted by Crippen LogP contribution is -2.36. The van der Waals surface area contributed by atoms with E-state index in [1.165, 1.54) is 0 Å². The Morgan fingerprint density at radius 2 is 1.83 bits per heavy atom.